The number of nitrogens with one attached hydrogen (secondary N) is 1. The molecule has 8 heteroatoms. The maximum absolute atomic E-state index is 13.4. The van der Waals surface area contributed by atoms with Crippen LogP contribution in [0, 0.1) is 11.6 Å². The van der Waals surface area contributed by atoms with Gasteiger partial charge in [-0.1, -0.05) is 0 Å². The number of nitrogens with zero attached hydrogens (tertiary/aromatic N) is 3. The molecule has 0 radical (unpaired) electrons. The molecule has 0 fully saturated rings. The average molecular weight is 424 g/mol. The van der Waals surface area contributed by atoms with E-state index in [0.717, 1.165) is 5.56 Å². The molecule has 1 aliphatic rings. The summed E-state index contributed by atoms with van der Waals surface area (Å²) >= 11 is 0. The van der Waals surface area contributed by atoms with Gasteiger partial charge in [0, 0.05) is 37.2 Å². The van der Waals surface area contributed by atoms with Crippen molar-refractivity contribution in [1.29, 1.82) is 0 Å². The molecule has 0 unspecified atom stereocenters. The summed E-state index contributed by atoms with van der Waals surface area (Å²) < 4.78 is 28.7. The maximum atomic E-state index is 13.4. The molecule has 6 nitrogen and oxygen atoms in total. The fraction of sp³-hybridized carbons (Fsp3) is 0.261. The number of carbonyl (C=O) groups excluding carboxylic acids is 2. The largest absolute Gasteiger partial charge is 0.340 e. The first-order chi connectivity index (χ1) is 14.9. The van der Waals surface area contributed by atoms with E-state index in [9.17, 15) is 18.4 Å². The van der Waals surface area contributed by atoms with Crippen LogP contribution in [0.15, 0.2) is 48.5 Å². The quantitative estimate of drug-likeness (QED) is 0.641. The van der Waals surface area contributed by atoms with Crippen LogP contribution < -0.4 is 5.32 Å². The van der Waals surface area contributed by atoms with Crippen molar-refractivity contribution >= 4 is 23.2 Å². The maximum Gasteiger partial charge on any atom is 0.223 e. The van der Waals surface area contributed by atoms with Gasteiger partial charge in [0.25, 0.3) is 0 Å². The zero-order chi connectivity index (χ0) is 22.0. The van der Waals surface area contributed by atoms with Gasteiger partial charge in [0.2, 0.25) is 5.91 Å². The van der Waals surface area contributed by atoms with Crippen molar-refractivity contribution in [3.63, 3.8) is 0 Å². The third-order valence-electron chi connectivity index (χ3n) is 5.24. The number of hydrogen-bond acceptors (Lipinski definition) is 4. The minimum Gasteiger partial charge on any atom is -0.340 e. The Morgan fingerprint density at radius 3 is 2.26 bits per heavy atom. The van der Waals surface area contributed by atoms with Crippen LogP contribution >= 0.6 is 0 Å². The lowest BCUT2D eigenvalue weighted by atomic mass is 10.1. The SMILES string of the molecule is CC(=O)CCC(=O)N1CCn2c(nc(-c3ccc(F)cc3)c2Nc2ccc(F)cc2)C1. The fourth-order valence-electron chi connectivity index (χ4n) is 3.59. The van der Waals surface area contributed by atoms with Crippen molar-refractivity contribution in [2.24, 2.45) is 0 Å². The summed E-state index contributed by atoms with van der Waals surface area (Å²) in [6.45, 7) is 2.79. The first kappa shape index (κ1) is 20.7. The molecule has 1 aliphatic heterocycles. The van der Waals surface area contributed by atoms with E-state index in [4.69, 9.17) is 4.98 Å². The number of hydrogen-bond donors (Lipinski definition) is 1. The standard InChI is InChI=1S/C23H22F2N4O2/c1-15(30)2-11-21(31)28-12-13-29-20(14-28)27-22(16-3-5-17(24)6-4-16)23(29)26-19-9-7-18(25)8-10-19/h3-10,26H,2,11-14H2,1H3. The molecule has 1 N–H and O–H groups in total. The highest BCUT2D eigenvalue weighted by Crippen LogP contribution is 2.33. The Kier molecular flexibility index (Phi) is 5.79. The Hall–Kier alpha value is -3.55. The third-order valence-corrected chi connectivity index (χ3v) is 5.24. The smallest absolute Gasteiger partial charge is 0.223 e. The summed E-state index contributed by atoms with van der Waals surface area (Å²) in [5, 5.41) is 3.30. The normalized spacial score (nSPS) is 13.1. The lowest BCUT2D eigenvalue weighted by Crippen LogP contribution is -2.38. The molecule has 4 rings (SSSR count). The Labute approximate surface area is 178 Å². The summed E-state index contributed by atoms with van der Waals surface area (Å²) in [7, 11) is 0. The van der Waals surface area contributed by atoms with Gasteiger partial charge in [0.15, 0.2) is 0 Å². The number of fused-ring (bicyclic) bond motifs is 1. The van der Waals surface area contributed by atoms with Crippen LogP contribution in [0.1, 0.15) is 25.6 Å². The lowest BCUT2D eigenvalue weighted by molar-refractivity contribution is -0.134. The molecule has 3 aromatic rings. The molecule has 160 valence electrons. The van der Waals surface area contributed by atoms with E-state index in [-0.39, 0.29) is 36.2 Å². The van der Waals surface area contributed by atoms with Gasteiger partial charge in [-0.05, 0) is 55.5 Å². The van der Waals surface area contributed by atoms with Crippen molar-refractivity contribution in [3.8, 4) is 11.3 Å². The highest BCUT2D eigenvalue weighted by atomic mass is 19.1. The van der Waals surface area contributed by atoms with E-state index in [0.29, 0.717) is 42.7 Å². The number of amides is 1. The van der Waals surface area contributed by atoms with E-state index < -0.39 is 0 Å². The van der Waals surface area contributed by atoms with Crippen molar-refractivity contribution in [1.82, 2.24) is 14.5 Å². The zero-order valence-corrected chi connectivity index (χ0v) is 17.1. The number of rotatable bonds is 6. The van der Waals surface area contributed by atoms with Crippen LogP contribution in [0.25, 0.3) is 11.3 Å². The van der Waals surface area contributed by atoms with Crippen LogP contribution in [0.2, 0.25) is 0 Å². The number of aromatic nitrogens is 2. The number of ketones is 1. The topological polar surface area (TPSA) is 67.2 Å². The van der Waals surface area contributed by atoms with E-state index in [1.807, 2.05) is 4.57 Å². The first-order valence-electron chi connectivity index (χ1n) is 10.1. The Morgan fingerprint density at radius 1 is 0.968 bits per heavy atom. The van der Waals surface area contributed by atoms with Crippen molar-refractivity contribution in [3.05, 3.63) is 66.0 Å². The average Bonchev–Trinajstić information content (AvgIpc) is 3.11. The highest BCUT2D eigenvalue weighted by molar-refractivity contribution is 5.84. The fourth-order valence-corrected chi connectivity index (χ4v) is 3.59. The molecule has 0 spiro atoms. The first-order valence-corrected chi connectivity index (χ1v) is 10.1. The van der Waals surface area contributed by atoms with Gasteiger partial charge >= 0.3 is 0 Å². The van der Waals surface area contributed by atoms with Gasteiger partial charge in [-0.15, -0.1) is 0 Å². The Bertz CT molecular complexity index is 1110. The van der Waals surface area contributed by atoms with Gasteiger partial charge in [0.05, 0.1) is 6.54 Å². The molecule has 0 atom stereocenters. The lowest BCUT2D eigenvalue weighted by Gasteiger charge is -2.28. The number of imidazole rings is 1. The van der Waals surface area contributed by atoms with Crippen LogP contribution in [-0.2, 0) is 22.7 Å². The molecule has 0 bridgehead atoms. The summed E-state index contributed by atoms with van der Waals surface area (Å²) in [6, 6.07) is 12.0. The van der Waals surface area contributed by atoms with Gasteiger partial charge in [-0.25, -0.2) is 13.8 Å². The van der Waals surface area contributed by atoms with Crippen LogP contribution in [0.3, 0.4) is 0 Å². The van der Waals surface area contributed by atoms with Crippen molar-refractivity contribution in [2.75, 3.05) is 11.9 Å². The molecule has 0 aliphatic carbocycles. The van der Waals surface area contributed by atoms with E-state index in [1.165, 1.54) is 31.2 Å². The second-order valence-corrected chi connectivity index (χ2v) is 7.53. The van der Waals surface area contributed by atoms with Crippen molar-refractivity contribution < 1.29 is 18.4 Å². The molecule has 2 aromatic carbocycles. The predicted molar refractivity (Wildman–Crippen MR) is 113 cm³/mol. The van der Waals surface area contributed by atoms with Crippen LogP contribution in [0.5, 0.6) is 0 Å². The zero-order valence-electron chi connectivity index (χ0n) is 17.1. The van der Waals surface area contributed by atoms with Gasteiger partial charge in [-0.2, -0.15) is 0 Å². The molecule has 0 saturated carbocycles. The molecule has 0 saturated heterocycles. The van der Waals surface area contributed by atoms with Crippen LogP contribution in [-0.4, -0.2) is 32.7 Å². The Morgan fingerprint density at radius 2 is 1.61 bits per heavy atom. The number of Topliss-reactive ketones (excluding diaryl/α,β-unsaturated/α-hetero) is 1. The summed E-state index contributed by atoms with van der Waals surface area (Å²) in [5.41, 5.74) is 2.03. The second kappa shape index (κ2) is 8.67. The molecule has 1 amide bonds. The van der Waals surface area contributed by atoms with E-state index in [1.54, 1.807) is 29.2 Å². The third kappa shape index (κ3) is 4.63. The number of halogens is 2. The summed E-state index contributed by atoms with van der Waals surface area (Å²) in [4.78, 5) is 30.1. The molecule has 31 heavy (non-hydrogen) atoms. The number of carbonyl (C=O) groups is 2. The van der Waals surface area contributed by atoms with Gasteiger partial charge in [-0.3, -0.25) is 4.79 Å². The van der Waals surface area contributed by atoms with E-state index >= 15 is 0 Å². The molecule has 2 heterocycles. The Balaban J connectivity index is 1.67. The monoisotopic (exact) mass is 424 g/mol. The van der Waals surface area contributed by atoms with Crippen LogP contribution in [0.4, 0.5) is 20.3 Å². The highest BCUT2D eigenvalue weighted by Gasteiger charge is 2.27. The number of anilines is 2. The van der Waals surface area contributed by atoms with Gasteiger partial charge < -0.3 is 19.6 Å². The summed E-state index contributed by atoms with van der Waals surface area (Å²) in [6.07, 6.45) is 0.406. The number of benzene rings is 2. The predicted octanol–water partition coefficient (Wildman–Crippen LogP) is 4.28. The minimum atomic E-state index is -0.344. The molecular formula is C23H22F2N4O2. The van der Waals surface area contributed by atoms with Gasteiger partial charge in [0.1, 0.15) is 34.8 Å². The summed E-state index contributed by atoms with van der Waals surface area (Å²) in [5.74, 6) is 0.606. The van der Waals surface area contributed by atoms with E-state index in [2.05, 4.69) is 5.32 Å². The molecular weight excluding hydrogens is 402 g/mol. The molecule has 1 aromatic heterocycles. The van der Waals surface area contributed by atoms with Crippen molar-refractivity contribution in [2.45, 2.75) is 32.9 Å². The minimum absolute atomic E-state index is 0.0174. The second-order valence-electron chi connectivity index (χ2n) is 7.53.